The summed E-state index contributed by atoms with van der Waals surface area (Å²) in [5.41, 5.74) is 4.49. The van der Waals surface area contributed by atoms with E-state index in [-0.39, 0.29) is 5.92 Å². The minimum atomic E-state index is -0.700. The number of hydrogen-bond donors (Lipinski definition) is 1. The van der Waals surface area contributed by atoms with Gasteiger partial charge in [0.1, 0.15) is 0 Å². The predicted molar refractivity (Wildman–Crippen MR) is 71.5 cm³/mol. The van der Waals surface area contributed by atoms with Crippen LogP contribution in [-0.4, -0.2) is 20.9 Å². The van der Waals surface area contributed by atoms with Gasteiger partial charge in [-0.3, -0.25) is 4.79 Å². The summed E-state index contributed by atoms with van der Waals surface area (Å²) in [5, 5.41) is 13.6. The van der Waals surface area contributed by atoms with E-state index >= 15 is 0 Å². The summed E-state index contributed by atoms with van der Waals surface area (Å²) < 4.78 is 1.96. The summed E-state index contributed by atoms with van der Waals surface area (Å²) in [4.78, 5) is 11.1. The molecule has 1 aromatic heterocycles. The van der Waals surface area contributed by atoms with E-state index in [0.29, 0.717) is 12.8 Å². The van der Waals surface area contributed by atoms with Gasteiger partial charge in [-0.05, 0) is 43.4 Å². The molecule has 0 radical (unpaired) electrons. The third-order valence-electron chi connectivity index (χ3n) is 3.84. The van der Waals surface area contributed by atoms with Crippen LogP contribution in [0.2, 0.25) is 0 Å². The van der Waals surface area contributed by atoms with Gasteiger partial charge < -0.3 is 5.11 Å². The Morgan fingerprint density at radius 1 is 1.42 bits per heavy atom. The molecule has 1 atom stereocenters. The zero-order valence-corrected chi connectivity index (χ0v) is 10.8. The Morgan fingerprint density at radius 2 is 2.21 bits per heavy atom. The maximum absolute atomic E-state index is 11.1. The van der Waals surface area contributed by atoms with Gasteiger partial charge in [0.2, 0.25) is 0 Å². The zero-order valence-electron chi connectivity index (χ0n) is 10.8. The molecule has 1 N–H and O–H groups in total. The van der Waals surface area contributed by atoms with Gasteiger partial charge in [0.25, 0.3) is 0 Å². The first kappa shape index (κ1) is 12.0. The molecule has 0 aliphatic heterocycles. The van der Waals surface area contributed by atoms with Crippen molar-refractivity contribution in [3.63, 3.8) is 0 Å². The third-order valence-corrected chi connectivity index (χ3v) is 3.84. The quantitative estimate of drug-likeness (QED) is 0.897. The van der Waals surface area contributed by atoms with E-state index < -0.39 is 5.97 Å². The molecule has 98 valence electrons. The van der Waals surface area contributed by atoms with Crippen LogP contribution in [0.25, 0.3) is 5.69 Å². The van der Waals surface area contributed by atoms with Crippen molar-refractivity contribution in [2.45, 2.75) is 26.2 Å². The molecule has 0 unspecified atom stereocenters. The van der Waals surface area contributed by atoms with E-state index in [0.717, 1.165) is 23.4 Å². The van der Waals surface area contributed by atoms with Crippen molar-refractivity contribution in [2.75, 3.05) is 0 Å². The molecule has 0 fully saturated rings. The summed E-state index contributed by atoms with van der Waals surface area (Å²) >= 11 is 0. The number of fused-ring (bicyclic) bond motifs is 1. The second-order valence-corrected chi connectivity index (χ2v) is 5.09. The lowest BCUT2D eigenvalue weighted by Crippen LogP contribution is -2.22. The largest absolute Gasteiger partial charge is 0.481 e. The first-order valence-electron chi connectivity index (χ1n) is 6.51. The molecule has 1 heterocycles. The summed E-state index contributed by atoms with van der Waals surface area (Å²) in [6.45, 7) is 2.06. The van der Waals surface area contributed by atoms with E-state index in [1.807, 2.05) is 29.1 Å². The topological polar surface area (TPSA) is 55.1 Å². The van der Waals surface area contributed by atoms with Crippen molar-refractivity contribution in [3.8, 4) is 5.69 Å². The SMILES string of the molecule is Cc1ccccc1-n1ncc2c1CC[C@@H](C(=O)O)C2. The fourth-order valence-corrected chi connectivity index (χ4v) is 2.74. The highest BCUT2D eigenvalue weighted by Gasteiger charge is 2.27. The van der Waals surface area contributed by atoms with Crippen LogP contribution in [0.3, 0.4) is 0 Å². The van der Waals surface area contributed by atoms with Crippen molar-refractivity contribution in [1.82, 2.24) is 9.78 Å². The molecule has 2 aromatic rings. The summed E-state index contributed by atoms with van der Waals surface area (Å²) in [6, 6.07) is 8.12. The lowest BCUT2D eigenvalue weighted by Gasteiger charge is -2.20. The standard InChI is InChI=1S/C15H16N2O2/c1-10-4-2-3-5-13(10)17-14-7-6-11(15(18)19)8-12(14)9-16-17/h2-5,9,11H,6-8H2,1H3,(H,18,19)/t11-/m1/s1. The Labute approximate surface area is 111 Å². The Morgan fingerprint density at radius 3 is 2.95 bits per heavy atom. The first-order valence-corrected chi connectivity index (χ1v) is 6.51. The number of nitrogens with zero attached hydrogens (tertiary/aromatic N) is 2. The van der Waals surface area contributed by atoms with Crippen molar-refractivity contribution < 1.29 is 9.90 Å². The average molecular weight is 256 g/mol. The number of aromatic nitrogens is 2. The number of aliphatic carboxylic acids is 1. The Hall–Kier alpha value is -2.10. The van der Waals surface area contributed by atoms with Crippen molar-refractivity contribution in [2.24, 2.45) is 5.92 Å². The average Bonchev–Trinajstić information content (AvgIpc) is 2.82. The summed E-state index contributed by atoms with van der Waals surface area (Å²) in [5.74, 6) is -0.962. The van der Waals surface area contributed by atoms with Crippen LogP contribution in [0.5, 0.6) is 0 Å². The highest BCUT2D eigenvalue weighted by atomic mass is 16.4. The number of para-hydroxylation sites is 1. The zero-order chi connectivity index (χ0) is 13.4. The van der Waals surface area contributed by atoms with Gasteiger partial charge in [-0.2, -0.15) is 5.10 Å². The van der Waals surface area contributed by atoms with E-state index in [1.54, 1.807) is 0 Å². The van der Waals surface area contributed by atoms with Gasteiger partial charge in [0.05, 0.1) is 17.8 Å². The van der Waals surface area contributed by atoms with Gasteiger partial charge in [-0.25, -0.2) is 4.68 Å². The van der Waals surface area contributed by atoms with Crippen molar-refractivity contribution in [1.29, 1.82) is 0 Å². The third kappa shape index (κ3) is 2.03. The highest BCUT2D eigenvalue weighted by Crippen LogP contribution is 2.28. The number of hydrogen-bond acceptors (Lipinski definition) is 2. The van der Waals surface area contributed by atoms with Crippen LogP contribution >= 0.6 is 0 Å². The molecule has 0 saturated carbocycles. The summed E-state index contributed by atoms with van der Waals surface area (Å²) in [6.07, 6.45) is 3.88. The number of benzene rings is 1. The minimum absolute atomic E-state index is 0.262. The van der Waals surface area contributed by atoms with E-state index in [2.05, 4.69) is 18.1 Å². The normalized spacial score (nSPS) is 18.1. The molecule has 4 heteroatoms. The number of aryl methyl sites for hydroxylation is 1. The van der Waals surface area contributed by atoms with Crippen LogP contribution in [0.1, 0.15) is 23.2 Å². The highest BCUT2D eigenvalue weighted by molar-refractivity contribution is 5.71. The van der Waals surface area contributed by atoms with E-state index in [4.69, 9.17) is 5.11 Å². The fraction of sp³-hybridized carbons (Fsp3) is 0.333. The molecule has 1 aliphatic rings. The monoisotopic (exact) mass is 256 g/mol. The Balaban J connectivity index is 2.00. The Bertz CT molecular complexity index is 631. The van der Waals surface area contributed by atoms with Gasteiger partial charge in [-0.15, -0.1) is 0 Å². The molecular weight excluding hydrogens is 240 g/mol. The van der Waals surface area contributed by atoms with Crippen LogP contribution in [0.4, 0.5) is 0 Å². The van der Waals surface area contributed by atoms with Gasteiger partial charge in [0.15, 0.2) is 0 Å². The molecule has 1 aromatic carbocycles. The maximum atomic E-state index is 11.1. The van der Waals surface area contributed by atoms with Crippen LogP contribution in [0, 0.1) is 12.8 Å². The van der Waals surface area contributed by atoms with Crippen LogP contribution < -0.4 is 0 Å². The van der Waals surface area contributed by atoms with Gasteiger partial charge >= 0.3 is 5.97 Å². The molecule has 0 bridgehead atoms. The molecule has 4 nitrogen and oxygen atoms in total. The smallest absolute Gasteiger partial charge is 0.306 e. The first-order chi connectivity index (χ1) is 9.16. The lowest BCUT2D eigenvalue weighted by molar-refractivity contribution is -0.142. The number of rotatable bonds is 2. The number of carboxylic acid groups (broad SMARTS) is 1. The fourth-order valence-electron chi connectivity index (χ4n) is 2.74. The molecular formula is C15H16N2O2. The van der Waals surface area contributed by atoms with E-state index in [9.17, 15) is 4.79 Å². The predicted octanol–water partition coefficient (Wildman–Crippen LogP) is 2.37. The van der Waals surface area contributed by atoms with Gasteiger partial charge in [0, 0.05) is 5.69 Å². The van der Waals surface area contributed by atoms with Crippen LogP contribution in [0.15, 0.2) is 30.5 Å². The van der Waals surface area contributed by atoms with Crippen molar-refractivity contribution >= 4 is 5.97 Å². The van der Waals surface area contributed by atoms with Crippen LogP contribution in [-0.2, 0) is 17.6 Å². The second kappa shape index (κ2) is 4.53. The minimum Gasteiger partial charge on any atom is -0.481 e. The lowest BCUT2D eigenvalue weighted by atomic mass is 9.88. The molecule has 19 heavy (non-hydrogen) atoms. The van der Waals surface area contributed by atoms with Crippen molar-refractivity contribution in [3.05, 3.63) is 47.3 Å². The number of carboxylic acids is 1. The van der Waals surface area contributed by atoms with E-state index in [1.165, 1.54) is 5.56 Å². The molecule has 1 aliphatic carbocycles. The maximum Gasteiger partial charge on any atom is 0.306 e. The number of carbonyl (C=O) groups is 1. The molecule has 0 amide bonds. The molecule has 0 saturated heterocycles. The summed E-state index contributed by atoms with van der Waals surface area (Å²) in [7, 11) is 0. The Kier molecular flexibility index (Phi) is 2.85. The second-order valence-electron chi connectivity index (χ2n) is 5.09. The molecule has 3 rings (SSSR count). The van der Waals surface area contributed by atoms with Gasteiger partial charge in [-0.1, -0.05) is 18.2 Å². The molecule has 0 spiro atoms.